The van der Waals surface area contributed by atoms with Crippen molar-refractivity contribution in [1.29, 1.82) is 0 Å². The van der Waals surface area contributed by atoms with Gasteiger partial charge in [0.2, 0.25) is 0 Å². The van der Waals surface area contributed by atoms with Crippen molar-refractivity contribution in [3.05, 3.63) is 47.6 Å². The van der Waals surface area contributed by atoms with Gasteiger partial charge in [0.05, 0.1) is 0 Å². The molecule has 5 nitrogen and oxygen atoms in total. The first-order valence-corrected chi connectivity index (χ1v) is 7.03. The van der Waals surface area contributed by atoms with Gasteiger partial charge in [-0.05, 0) is 17.7 Å². The lowest BCUT2D eigenvalue weighted by Crippen LogP contribution is -2.46. The van der Waals surface area contributed by atoms with E-state index in [9.17, 15) is 0 Å². The van der Waals surface area contributed by atoms with E-state index in [1.54, 1.807) is 0 Å². The highest BCUT2D eigenvalue weighted by Crippen LogP contribution is 2.16. The molecule has 0 spiro atoms. The Morgan fingerprint density at radius 3 is 2.50 bits per heavy atom. The molecule has 0 saturated carbocycles. The first-order valence-electron chi connectivity index (χ1n) is 6.65. The van der Waals surface area contributed by atoms with Crippen molar-refractivity contribution < 1.29 is 0 Å². The Kier molecular flexibility index (Phi) is 4.08. The molecule has 2 aromatic heterocycles. The van der Waals surface area contributed by atoms with Crippen molar-refractivity contribution in [1.82, 2.24) is 19.9 Å². The Labute approximate surface area is 123 Å². The molecule has 0 atom stereocenters. The van der Waals surface area contributed by atoms with Gasteiger partial charge in [0.25, 0.3) is 0 Å². The van der Waals surface area contributed by atoms with Crippen molar-refractivity contribution >= 4 is 17.4 Å². The van der Waals surface area contributed by atoms with Gasteiger partial charge in [-0.25, -0.2) is 9.97 Å². The Morgan fingerprint density at radius 2 is 1.80 bits per heavy atom. The summed E-state index contributed by atoms with van der Waals surface area (Å²) in [5.41, 5.74) is 1.30. The van der Waals surface area contributed by atoms with Gasteiger partial charge in [-0.1, -0.05) is 11.6 Å². The highest BCUT2D eigenvalue weighted by Gasteiger charge is 2.18. The first kappa shape index (κ1) is 13.3. The first-order chi connectivity index (χ1) is 9.81. The Morgan fingerprint density at radius 1 is 1.05 bits per heavy atom. The predicted molar refractivity (Wildman–Crippen MR) is 78.8 cm³/mol. The van der Waals surface area contributed by atoms with Crippen LogP contribution in [-0.4, -0.2) is 46.0 Å². The van der Waals surface area contributed by atoms with Crippen LogP contribution in [0.25, 0.3) is 0 Å². The van der Waals surface area contributed by atoms with Crippen molar-refractivity contribution in [2.24, 2.45) is 0 Å². The van der Waals surface area contributed by atoms with Crippen LogP contribution in [0.5, 0.6) is 0 Å². The summed E-state index contributed by atoms with van der Waals surface area (Å²) >= 11 is 5.91. The highest BCUT2D eigenvalue weighted by molar-refractivity contribution is 6.29. The number of hydrogen-bond donors (Lipinski definition) is 0. The lowest BCUT2D eigenvalue weighted by Gasteiger charge is -2.35. The predicted octanol–water partition coefficient (Wildman–Crippen LogP) is 1.85. The molecule has 3 heterocycles. The number of rotatable bonds is 3. The Balaban J connectivity index is 1.57. The van der Waals surface area contributed by atoms with E-state index < -0.39 is 0 Å². The van der Waals surface area contributed by atoms with Gasteiger partial charge < -0.3 is 4.90 Å². The number of anilines is 1. The van der Waals surface area contributed by atoms with Crippen molar-refractivity contribution in [3.63, 3.8) is 0 Å². The van der Waals surface area contributed by atoms with Gasteiger partial charge in [0, 0.05) is 51.2 Å². The molecule has 0 unspecified atom stereocenters. The molecule has 3 rings (SSSR count). The van der Waals surface area contributed by atoms with Gasteiger partial charge in [0.15, 0.2) is 0 Å². The average Bonchev–Trinajstić information content (AvgIpc) is 2.49. The fraction of sp³-hybridized carbons (Fsp3) is 0.357. The van der Waals surface area contributed by atoms with Crippen LogP contribution in [-0.2, 0) is 6.54 Å². The van der Waals surface area contributed by atoms with Gasteiger partial charge in [0.1, 0.15) is 17.3 Å². The average molecular weight is 290 g/mol. The molecule has 1 saturated heterocycles. The minimum absolute atomic E-state index is 0.495. The van der Waals surface area contributed by atoms with Crippen LogP contribution in [0.3, 0.4) is 0 Å². The maximum absolute atomic E-state index is 5.91. The second-order valence-corrected chi connectivity index (χ2v) is 5.20. The number of aromatic nitrogens is 3. The zero-order valence-corrected chi connectivity index (χ0v) is 11.9. The van der Waals surface area contributed by atoms with E-state index in [1.807, 2.05) is 18.5 Å². The van der Waals surface area contributed by atoms with E-state index in [1.165, 1.54) is 11.9 Å². The zero-order valence-electron chi connectivity index (χ0n) is 11.1. The summed E-state index contributed by atoms with van der Waals surface area (Å²) in [7, 11) is 0. The molecule has 2 aromatic rings. The molecule has 1 fully saturated rings. The molecule has 20 heavy (non-hydrogen) atoms. The maximum Gasteiger partial charge on any atom is 0.134 e. The largest absolute Gasteiger partial charge is 0.354 e. The normalized spacial score (nSPS) is 16.4. The smallest absolute Gasteiger partial charge is 0.134 e. The van der Waals surface area contributed by atoms with Crippen molar-refractivity contribution in [3.8, 4) is 0 Å². The van der Waals surface area contributed by atoms with Gasteiger partial charge in [-0.2, -0.15) is 0 Å². The molecule has 0 N–H and O–H groups in total. The van der Waals surface area contributed by atoms with E-state index in [2.05, 4.69) is 36.9 Å². The summed E-state index contributed by atoms with van der Waals surface area (Å²) in [5, 5.41) is 0.495. The van der Waals surface area contributed by atoms with Crippen LogP contribution in [0, 0.1) is 0 Å². The second kappa shape index (κ2) is 6.15. The number of piperazine rings is 1. The van der Waals surface area contributed by atoms with Crippen molar-refractivity contribution in [2.75, 3.05) is 31.1 Å². The number of pyridine rings is 1. The monoisotopic (exact) mass is 289 g/mol. The SMILES string of the molecule is Clc1cc(N2CCN(Cc3ccncc3)CC2)ncn1. The lowest BCUT2D eigenvalue weighted by molar-refractivity contribution is 0.249. The second-order valence-electron chi connectivity index (χ2n) is 4.82. The van der Waals surface area contributed by atoms with Crippen LogP contribution in [0.1, 0.15) is 5.56 Å². The molecule has 0 aliphatic carbocycles. The molecule has 6 heteroatoms. The van der Waals surface area contributed by atoms with Crippen LogP contribution < -0.4 is 4.90 Å². The van der Waals surface area contributed by atoms with E-state index in [0.717, 1.165) is 38.5 Å². The summed E-state index contributed by atoms with van der Waals surface area (Å²) in [5.74, 6) is 0.911. The van der Waals surface area contributed by atoms with Crippen LogP contribution >= 0.6 is 11.6 Å². The van der Waals surface area contributed by atoms with Gasteiger partial charge in [-0.3, -0.25) is 9.88 Å². The Bertz CT molecular complexity index is 555. The Hall–Kier alpha value is -1.72. The zero-order chi connectivity index (χ0) is 13.8. The highest BCUT2D eigenvalue weighted by atomic mass is 35.5. The lowest BCUT2D eigenvalue weighted by atomic mass is 10.2. The molecule has 0 bridgehead atoms. The number of hydrogen-bond acceptors (Lipinski definition) is 5. The molecular formula is C14H16ClN5. The summed E-state index contributed by atoms with van der Waals surface area (Å²) in [6, 6.07) is 5.95. The minimum Gasteiger partial charge on any atom is -0.354 e. The maximum atomic E-state index is 5.91. The number of nitrogens with zero attached hydrogens (tertiary/aromatic N) is 5. The molecule has 1 aliphatic rings. The minimum atomic E-state index is 0.495. The quantitative estimate of drug-likeness (QED) is 0.807. The van der Waals surface area contributed by atoms with Gasteiger partial charge >= 0.3 is 0 Å². The van der Waals surface area contributed by atoms with E-state index in [0.29, 0.717) is 5.15 Å². The molecule has 104 valence electrons. The topological polar surface area (TPSA) is 45.2 Å². The third kappa shape index (κ3) is 3.23. The van der Waals surface area contributed by atoms with Crippen molar-refractivity contribution in [2.45, 2.75) is 6.54 Å². The van der Waals surface area contributed by atoms with Gasteiger partial charge in [-0.15, -0.1) is 0 Å². The summed E-state index contributed by atoms with van der Waals surface area (Å²) < 4.78 is 0. The third-order valence-electron chi connectivity index (χ3n) is 3.47. The standard InChI is InChI=1S/C14H16ClN5/c15-13-9-14(18-11-17-13)20-7-5-19(6-8-20)10-12-1-3-16-4-2-12/h1-4,9,11H,5-8,10H2. The van der Waals surface area contributed by atoms with Crippen LogP contribution in [0.2, 0.25) is 5.15 Å². The fourth-order valence-corrected chi connectivity index (χ4v) is 2.52. The molecule has 0 aromatic carbocycles. The number of halogens is 1. The molecule has 0 amide bonds. The van der Waals surface area contributed by atoms with E-state index in [4.69, 9.17) is 11.6 Å². The molecular weight excluding hydrogens is 274 g/mol. The molecule has 1 aliphatic heterocycles. The van der Waals surface area contributed by atoms with E-state index in [-0.39, 0.29) is 0 Å². The third-order valence-corrected chi connectivity index (χ3v) is 3.68. The summed E-state index contributed by atoms with van der Waals surface area (Å²) in [6.07, 6.45) is 5.20. The fourth-order valence-electron chi connectivity index (χ4n) is 2.38. The molecule has 0 radical (unpaired) electrons. The van der Waals surface area contributed by atoms with Crippen LogP contribution in [0.4, 0.5) is 5.82 Å². The van der Waals surface area contributed by atoms with Crippen LogP contribution in [0.15, 0.2) is 36.9 Å². The summed E-state index contributed by atoms with van der Waals surface area (Å²) in [6.45, 7) is 4.92. The summed E-state index contributed by atoms with van der Waals surface area (Å²) in [4.78, 5) is 16.9. The van der Waals surface area contributed by atoms with E-state index >= 15 is 0 Å².